The molecule has 0 aliphatic heterocycles. The quantitative estimate of drug-likeness (QED) is 0.131. The third-order valence-electron chi connectivity index (χ3n) is 6.37. The van der Waals surface area contributed by atoms with E-state index in [0.29, 0.717) is 11.1 Å². The highest BCUT2D eigenvalue weighted by molar-refractivity contribution is 7.15. The average Bonchev–Trinajstić information content (AvgIpc) is 3.64. The van der Waals surface area contributed by atoms with Gasteiger partial charge in [0.25, 0.3) is 0 Å². The van der Waals surface area contributed by atoms with Crippen molar-refractivity contribution < 1.29 is 0 Å². The van der Waals surface area contributed by atoms with E-state index in [1.54, 1.807) is 11.3 Å². The Morgan fingerprint density at radius 3 is 1.92 bits per heavy atom. The summed E-state index contributed by atoms with van der Waals surface area (Å²) >= 11 is 1.74. The number of benzene rings is 3. The maximum absolute atomic E-state index is 7.63. The Hall–Kier alpha value is -4.76. The van der Waals surface area contributed by atoms with E-state index in [0.717, 1.165) is 57.0 Å². The highest BCUT2D eigenvalue weighted by Crippen LogP contribution is 2.29. The molecule has 0 aliphatic rings. The van der Waals surface area contributed by atoms with E-state index in [-0.39, 0.29) is 11.7 Å². The Labute approximate surface area is 216 Å². The van der Waals surface area contributed by atoms with Gasteiger partial charge in [-0.15, -0.1) is 11.3 Å². The van der Waals surface area contributed by atoms with Crippen molar-refractivity contribution >= 4 is 45.1 Å². The number of rotatable bonds is 7. The molecule has 8 N–H and O–H groups in total. The van der Waals surface area contributed by atoms with Crippen LogP contribution in [-0.2, 0) is 12.8 Å². The summed E-state index contributed by atoms with van der Waals surface area (Å²) in [6.07, 6.45) is 1.88. The lowest BCUT2D eigenvalue weighted by molar-refractivity contribution is 0.981. The Bertz CT molecular complexity index is 1790. The van der Waals surface area contributed by atoms with Gasteiger partial charge in [-0.25, -0.2) is 9.97 Å². The molecule has 0 atom stereocenters. The smallest absolute Gasteiger partial charge is 0.148 e. The van der Waals surface area contributed by atoms with Crippen molar-refractivity contribution in [2.45, 2.75) is 12.8 Å². The SMILES string of the molecule is N=C(N)c1ccc2nc(-c3ccc(CCc4ccc(-c5nc6ccc(C(=N)N)cc6[nH]5)s4)cc3)[nH]c2c1. The van der Waals surface area contributed by atoms with Crippen LogP contribution >= 0.6 is 11.3 Å². The van der Waals surface area contributed by atoms with Crippen LogP contribution in [0.5, 0.6) is 0 Å². The topological polar surface area (TPSA) is 157 Å². The molecule has 6 rings (SSSR count). The summed E-state index contributed by atoms with van der Waals surface area (Å²) in [5, 5.41) is 15.3. The van der Waals surface area contributed by atoms with Crippen LogP contribution in [0.1, 0.15) is 21.6 Å². The summed E-state index contributed by atoms with van der Waals surface area (Å²) in [6, 6.07) is 23.8. The number of thiophene rings is 1. The zero-order valence-electron chi connectivity index (χ0n) is 19.8. The van der Waals surface area contributed by atoms with Gasteiger partial charge in [0.05, 0.1) is 26.9 Å². The van der Waals surface area contributed by atoms with Crippen LogP contribution in [0.25, 0.3) is 44.2 Å². The van der Waals surface area contributed by atoms with Crippen LogP contribution in [0.4, 0.5) is 0 Å². The number of nitrogen functional groups attached to an aromatic ring is 2. The fourth-order valence-corrected chi connectivity index (χ4v) is 5.30. The molecule has 8 nitrogen and oxygen atoms in total. The number of fused-ring (bicyclic) bond motifs is 2. The summed E-state index contributed by atoms with van der Waals surface area (Å²) in [4.78, 5) is 18.4. The molecule has 0 fully saturated rings. The van der Waals surface area contributed by atoms with Crippen LogP contribution in [0, 0.1) is 10.8 Å². The van der Waals surface area contributed by atoms with Crippen LogP contribution in [-0.4, -0.2) is 31.6 Å². The number of nitrogens with zero attached hydrogens (tertiary/aromatic N) is 2. The number of aryl methyl sites for hydroxylation is 2. The summed E-state index contributed by atoms with van der Waals surface area (Å²) < 4.78 is 0. The van der Waals surface area contributed by atoms with Crippen molar-refractivity contribution in [2.75, 3.05) is 0 Å². The summed E-state index contributed by atoms with van der Waals surface area (Å²) in [5.41, 5.74) is 18.3. The van der Waals surface area contributed by atoms with Crippen molar-refractivity contribution in [3.8, 4) is 22.1 Å². The second-order valence-corrected chi connectivity index (χ2v) is 10.1. The van der Waals surface area contributed by atoms with Gasteiger partial charge >= 0.3 is 0 Å². The second kappa shape index (κ2) is 9.03. The highest BCUT2D eigenvalue weighted by Gasteiger charge is 2.11. The van der Waals surface area contributed by atoms with E-state index >= 15 is 0 Å². The molecular formula is C28H24N8S. The van der Waals surface area contributed by atoms with Gasteiger partial charge in [-0.3, -0.25) is 10.8 Å². The van der Waals surface area contributed by atoms with Crippen LogP contribution in [0.3, 0.4) is 0 Å². The molecule has 0 bridgehead atoms. The molecule has 0 radical (unpaired) electrons. The Morgan fingerprint density at radius 1 is 0.703 bits per heavy atom. The van der Waals surface area contributed by atoms with E-state index in [2.05, 4.69) is 51.4 Å². The number of nitrogens with one attached hydrogen (secondary N) is 4. The fraction of sp³-hybridized carbons (Fsp3) is 0.0714. The number of aromatic amines is 2. The first-order valence-electron chi connectivity index (χ1n) is 11.8. The number of hydrogen-bond donors (Lipinski definition) is 6. The number of aromatic nitrogens is 4. The van der Waals surface area contributed by atoms with Crippen molar-refractivity contribution in [3.05, 3.63) is 94.4 Å². The summed E-state index contributed by atoms with van der Waals surface area (Å²) in [7, 11) is 0. The zero-order chi connectivity index (χ0) is 25.5. The van der Waals surface area contributed by atoms with Crippen LogP contribution in [0.2, 0.25) is 0 Å². The van der Waals surface area contributed by atoms with Crippen molar-refractivity contribution in [2.24, 2.45) is 11.5 Å². The molecule has 6 aromatic rings. The molecule has 0 spiro atoms. The summed E-state index contributed by atoms with van der Waals surface area (Å²) in [5.74, 6) is 1.72. The molecule has 9 heteroatoms. The highest BCUT2D eigenvalue weighted by atomic mass is 32.1. The molecule has 3 heterocycles. The van der Waals surface area contributed by atoms with E-state index in [1.165, 1.54) is 10.4 Å². The Morgan fingerprint density at radius 2 is 1.30 bits per heavy atom. The monoisotopic (exact) mass is 504 g/mol. The first kappa shape index (κ1) is 22.7. The number of amidine groups is 2. The lowest BCUT2D eigenvalue weighted by atomic mass is 10.1. The zero-order valence-corrected chi connectivity index (χ0v) is 20.6. The second-order valence-electron chi connectivity index (χ2n) is 8.92. The molecule has 0 unspecified atom stereocenters. The maximum Gasteiger partial charge on any atom is 0.148 e. The van der Waals surface area contributed by atoms with Gasteiger partial charge in [-0.1, -0.05) is 24.3 Å². The molecule has 3 aromatic heterocycles. The van der Waals surface area contributed by atoms with Crippen molar-refractivity contribution in [3.63, 3.8) is 0 Å². The van der Waals surface area contributed by atoms with Gasteiger partial charge in [-0.2, -0.15) is 0 Å². The van der Waals surface area contributed by atoms with Gasteiger partial charge in [0, 0.05) is 21.6 Å². The molecule has 0 amide bonds. The van der Waals surface area contributed by atoms with Gasteiger partial charge in [0.15, 0.2) is 0 Å². The maximum atomic E-state index is 7.63. The van der Waals surface area contributed by atoms with Crippen LogP contribution < -0.4 is 11.5 Å². The van der Waals surface area contributed by atoms with Gasteiger partial charge < -0.3 is 21.4 Å². The first-order chi connectivity index (χ1) is 17.9. The van der Waals surface area contributed by atoms with Gasteiger partial charge in [0.2, 0.25) is 0 Å². The Balaban J connectivity index is 1.14. The molecule has 3 aromatic carbocycles. The molecular weight excluding hydrogens is 480 g/mol. The standard InChI is InChI=1S/C28H24N8S/c29-25(30)17-6-10-20-22(13-17)35-27(33-20)16-4-1-15(2-5-16)3-8-19-9-12-24(37-19)28-34-21-11-7-18(26(31)32)14-23(21)36-28/h1-2,4-7,9-14H,3,8H2,(H3,29,30)(H3,31,32)(H,33,35)(H,34,36). The minimum Gasteiger partial charge on any atom is -0.384 e. The third kappa shape index (κ3) is 4.48. The molecule has 37 heavy (non-hydrogen) atoms. The lowest BCUT2D eigenvalue weighted by Crippen LogP contribution is -2.10. The van der Waals surface area contributed by atoms with E-state index in [1.807, 2.05) is 36.4 Å². The lowest BCUT2D eigenvalue weighted by Gasteiger charge is -2.02. The average molecular weight is 505 g/mol. The minimum atomic E-state index is 0.0427. The Kier molecular flexibility index (Phi) is 5.54. The molecule has 0 saturated heterocycles. The predicted octanol–water partition coefficient (Wildman–Crippen LogP) is 5.19. The summed E-state index contributed by atoms with van der Waals surface area (Å²) in [6.45, 7) is 0. The fourth-order valence-electron chi connectivity index (χ4n) is 4.34. The van der Waals surface area contributed by atoms with Gasteiger partial charge in [-0.05, 0) is 66.9 Å². The predicted molar refractivity (Wildman–Crippen MR) is 150 cm³/mol. The van der Waals surface area contributed by atoms with Gasteiger partial charge in [0.1, 0.15) is 23.3 Å². The van der Waals surface area contributed by atoms with E-state index in [9.17, 15) is 0 Å². The molecule has 0 saturated carbocycles. The van der Waals surface area contributed by atoms with Crippen molar-refractivity contribution in [1.82, 2.24) is 19.9 Å². The number of nitrogens with two attached hydrogens (primary N) is 2. The largest absolute Gasteiger partial charge is 0.384 e. The molecule has 0 aliphatic carbocycles. The number of hydrogen-bond acceptors (Lipinski definition) is 5. The van der Waals surface area contributed by atoms with E-state index < -0.39 is 0 Å². The van der Waals surface area contributed by atoms with Crippen LogP contribution in [0.15, 0.2) is 72.8 Å². The van der Waals surface area contributed by atoms with E-state index in [4.69, 9.17) is 27.3 Å². The third-order valence-corrected chi connectivity index (χ3v) is 7.52. The van der Waals surface area contributed by atoms with Crippen molar-refractivity contribution in [1.29, 1.82) is 10.8 Å². The number of imidazole rings is 2. The normalized spacial score (nSPS) is 11.4. The number of H-pyrrole nitrogens is 2. The first-order valence-corrected chi connectivity index (χ1v) is 12.6. The minimum absolute atomic E-state index is 0.0427. The molecule has 182 valence electrons.